The molecule has 2 aromatic carbocycles. The number of hydrogen-bond acceptors (Lipinski definition) is 6. The van der Waals surface area contributed by atoms with Gasteiger partial charge < -0.3 is 10.1 Å². The summed E-state index contributed by atoms with van der Waals surface area (Å²) in [6, 6.07) is 11.5. The third kappa shape index (κ3) is 5.91. The predicted molar refractivity (Wildman–Crippen MR) is 119 cm³/mol. The summed E-state index contributed by atoms with van der Waals surface area (Å²) in [6.07, 6.45) is -1.35. The van der Waals surface area contributed by atoms with Gasteiger partial charge in [-0.25, -0.2) is 9.78 Å². The number of ether oxygens (including phenoxy) is 1. The van der Waals surface area contributed by atoms with E-state index in [9.17, 15) is 18.0 Å². The minimum absolute atomic E-state index is 0.0118. The number of aromatic nitrogens is 4. The molecule has 0 saturated carbocycles. The summed E-state index contributed by atoms with van der Waals surface area (Å²) in [5.74, 6) is 0.0251. The molecule has 12 heteroatoms. The predicted octanol–water partition coefficient (Wildman–Crippen LogP) is 4.45. The molecule has 0 aliphatic rings. The fourth-order valence-corrected chi connectivity index (χ4v) is 3.26. The average molecular weight is 485 g/mol. The van der Waals surface area contributed by atoms with Crippen LogP contribution < -0.4 is 20.1 Å². The number of amides is 2. The Labute approximate surface area is 197 Å². The summed E-state index contributed by atoms with van der Waals surface area (Å²) in [5.41, 5.74) is 2.64. The molecule has 2 amide bonds. The molecule has 0 aliphatic carbocycles. The minimum Gasteiger partial charge on any atom is -0.467 e. The van der Waals surface area contributed by atoms with Crippen LogP contribution in [0.5, 0.6) is 6.01 Å². The SMILES string of the molecule is COc1ncc(-c2ccc(C[n+]3cc(NC(=O)Nc4cccc(C(F)(F)F)c4)on3)cc2)c(C)n1. The molecule has 2 N–H and O–H groups in total. The first kappa shape index (κ1) is 23.7. The van der Waals surface area contributed by atoms with E-state index in [0.717, 1.165) is 34.5 Å². The number of urea groups is 1. The number of anilines is 2. The number of nitrogens with one attached hydrogen (secondary N) is 2. The summed E-state index contributed by atoms with van der Waals surface area (Å²) in [7, 11) is 1.51. The number of methoxy groups -OCH3 is 1. The van der Waals surface area contributed by atoms with E-state index in [1.165, 1.54) is 30.1 Å². The number of carbonyl (C=O) groups is 1. The molecular formula is C23H20F3N6O3+. The van der Waals surface area contributed by atoms with Gasteiger partial charge in [-0.1, -0.05) is 30.3 Å². The first-order chi connectivity index (χ1) is 16.7. The Balaban J connectivity index is 1.36. The molecule has 0 spiro atoms. The van der Waals surface area contributed by atoms with Gasteiger partial charge in [0, 0.05) is 23.0 Å². The number of aryl methyl sites for hydroxylation is 1. The number of alkyl halides is 3. The highest BCUT2D eigenvalue weighted by molar-refractivity contribution is 5.98. The van der Waals surface area contributed by atoms with Crippen LogP contribution in [0.1, 0.15) is 16.8 Å². The topological polar surface area (TPSA) is 106 Å². The maximum Gasteiger partial charge on any atom is 0.416 e. The fraction of sp³-hybridized carbons (Fsp3) is 0.174. The number of hydrogen-bond donors (Lipinski definition) is 2. The van der Waals surface area contributed by atoms with Gasteiger partial charge in [-0.2, -0.15) is 18.2 Å². The minimum atomic E-state index is -4.51. The van der Waals surface area contributed by atoms with E-state index in [4.69, 9.17) is 9.26 Å². The van der Waals surface area contributed by atoms with Gasteiger partial charge in [-0.15, -0.1) is 0 Å². The van der Waals surface area contributed by atoms with Crippen molar-refractivity contribution in [1.82, 2.24) is 15.2 Å². The first-order valence-electron chi connectivity index (χ1n) is 10.3. The largest absolute Gasteiger partial charge is 0.467 e. The van der Waals surface area contributed by atoms with Gasteiger partial charge >= 0.3 is 24.1 Å². The smallest absolute Gasteiger partial charge is 0.416 e. The van der Waals surface area contributed by atoms with Crippen LogP contribution in [0.25, 0.3) is 11.1 Å². The molecule has 35 heavy (non-hydrogen) atoms. The average Bonchev–Trinajstić information content (AvgIpc) is 3.25. The van der Waals surface area contributed by atoms with Crippen molar-refractivity contribution in [1.29, 1.82) is 0 Å². The Kier molecular flexibility index (Phi) is 6.62. The Morgan fingerprint density at radius 3 is 2.60 bits per heavy atom. The molecule has 0 unspecified atom stereocenters. The second-order valence-corrected chi connectivity index (χ2v) is 7.47. The molecule has 0 fully saturated rings. The van der Waals surface area contributed by atoms with Crippen LogP contribution in [-0.2, 0) is 12.7 Å². The summed E-state index contributed by atoms with van der Waals surface area (Å²) in [4.78, 5) is 20.6. The van der Waals surface area contributed by atoms with E-state index < -0.39 is 17.8 Å². The summed E-state index contributed by atoms with van der Waals surface area (Å²) >= 11 is 0. The lowest BCUT2D eigenvalue weighted by atomic mass is 10.0. The van der Waals surface area contributed by atoms with Crippen LogP contribution >= 0.6 is 0 Å². The Bertz CT molecular complexity index is 1340. The lowest BCUT2D eigenvalue weighted by Crippen LogP contribution is -2.35. The number of benzene rings is 2. The molecule has 4 rings (SSSR count). The zero-order valence-corrected chi connectivity index (χ0v) is 18.6. The quantitative estimate of drug-likeness (QED) is 0.391. The molecule has 0 bridgehead atoms. The molecule has 4 aromatic rings. The summed E-state index contributed by atoms with van der Waals surface area (Å²) in [5, 5.41) is 8.57. The van der Waals surface area contributed by atoms with Crippen molar-refractivity contribution in [3.63, 3.8) is 0 Å². The molecule has 0 aliphatic heterocycles. The Morgan fingerprint density at radius 2 is 1.91 bits per heavy atom. The van der Waals surface area contributed by atoms with Crippen molar-refractivity contribution in [2.75, 3.05) is 17.7 Å². The number of halogens is 3. The van der Waals surface area contributed by atoms with E-state index in [-0.39, 0.29) is 11.6 Å². The van der Waals surface area contributed by atoms with Crippen LogP contribution in [0.3, 0.4) is 0 Å². The van der Waals surface area contributed by atoms with Crippen molar-refractivity contribution in [3.8, 4) is 17.1 Å². The van der Waals surface area contributed by atoms with Crippen molar-refractivity contribution >= 4 is 17.6 Å². The van der Waals surface area contributed by atoms with Gasteiger partial charge in [0.05, 0.1) is 18.4 Å². The van der Waals surface area contributed by atoms with E-state index in [1.54, 1.807) is 6.20 Å². The van der Waals surface area contributed by atoms with E-state index in [0.29, 0.717) is 12.6 Å². The molecule has 0 saturated heterocycles. The number of rotatable bonds is 6. The second-order valence-electron chi connectivity index (χ2n) is 7.47. The zero-order valence-electron chi connectivity index (χ0n) is 18.6. The molecule has 2 aromatic heterocycles. The Hall–Kier alpha value is -4.48. The lowest BCUT2D eigenvalue weighted by molar-refractivity contribution is -0.754. The van der Waals surface area contributed by atoms with E-state index in [2.05, 4.69) is 25.9 Å². The molecule has 0 radical (unpaired) electrons. The third-order valence-electron chi connectivity index (χ3n) is 4.94. The van der Waals surface area contributed by atoms with E-state index >= 15 is 0 Å². The highest BCUT2D eigenvalue weighted by atomic mass is 19.4. The maximum absolute atomic E-state index is 12.8. The van der Waals surface area contributed by atoms with Gasteiger partial charge in [-0.3, -0.25) is 9.84 Å². The molecule has 9 nitrogen and oxygen atoms in total. The standard InChI is InChI=1S/C23H19F3N6O3/c1-14-19(11-27-22(28-14)34-2)16-8-6-15(7-9-16)12-32-13-20(35-31-32)30-21(33)29-18-5-3-4-17(10-18)23(24,25)26/h3-11,13H,12H2,1-2H3,(H-,29,30,31,33)/p+1. The maximum atomic E-state index is 12.8. The molecular weight excluding hydrogens is 465 g/mol. The van der Waals surface area contributed by atoms with E-state index in [1.807, 2.05) is 31.2 Å². The molecule has 2 heterocycles. The molecule has 0 atom stereocenters. The van der Waals surface area contributed by atoms with Crippen LogP contribution in [0.15, 0.2) is 65.4 Å². The first-order valence-corrected chi connectivity index (χ1v) is 10.3. The monoisotopic (exact) mass is 485 g/mol. The normalized spacial score (nSPS) is 11.2. The second kappa shape index (κ2) is 9.79. The van der Waals surface area contributed by atoms with Gasteiger partial charge in [-0.05, 0) is 35.4 Å². The van der Waals surface area contributed by atoms with Crippen molar-refractivity contribution in [2.24, 2.45) is 0 Å². The van der Waals surface area contributed by atoms with Crippen LogP contribution in [0.2, 0.25) is 0 Å². The highest BCUT2D eigenvalue weighted by Crippen LogP contribution is 2.30. The highest BCUT2D eigenvalue weighted by Gasteiger charge is 2.30. The van der Waals surface area contributed by atoms with Crippen molar-refractivity contribution in [2.45, 2.75) is 19.6 Å². The van der Waals surface area contributed by atoms with Crippen molar-refractivity contribution < 1.29 is 31.9 Å². The van der Waals surface area contributed by atoms with Crippen molar-refractivity contribution in [3.05, 3.63) is 77.7 Å². The van der Waals surface area contributed by atoms with Crippen LogP contribution in [-0.4, -0.2) is 28.4 Å². The Morgan fingerprint density at radius 1 is 1.14 bits per heavy atom. The third-order valence-corrected chi connectivity index (χ3v) is 4.94. The summed E-state index contributed by atoms with van der Waals surface area (Å²) < 4.78 is 50.1. The number of carbonyl (C=O) groups excluding carboxylic acids is 1. The fourth-order valence-electron chi connectivity index (χ4n) is 3.26. The molecule has 180 valence electrons. The number of nitrogens with zero attached hydrogens (tertiary/aromatic N) is 4. The van der Waals surface area contributed by atoms with Crippen LogP contribution in [0.4, 0.5) is 29.5 Å². The zero-order chi connectivity index (χ0) is 25.0. The van der Waals surface area contributed by atoms with Gasteiger partial charge in [0.1, 0.15) is 0 Å². The van der Waals surface area contributed by atoms with Gasteiger partial charge in [0.2, 0.25) is 11.8 Å². The van der Waals surface area contributed by atoms with Gasteiger partial charge in [0.15, 0.2) is 0 Å². The van der Waals surface area contributed by atoms with Gasteiger partial charge in [0.25, 0.3) is 6.20 Å². The lowest BCUT2D eigenvalue weighted by Gasteiger charge is -2.09. The van der Waals surface area contributed by atoms with Crippen LogP contribution in [0, 0.1) is 6.92 Å². The summed E-state index contributed by atoms with van der Waals surface area (Å²) in [6.45, 7) is 2.23.